The number of hydrogen-bond acceptors (Lipinski definition) is 6. The van der Waals surface area contributed by atoms with Crippen molar-refractivity contribution in [2.24, 2.45) is 0 Å². The lowest BCUT2D eigenvalue weighted by atomic mass is 10.0. The normalized spacial score (nSPS) is 27.1. The highest BCUT2D eigenvalue weighted by molar-refractivity contribution is 5.45. The molecule has 2 atom stereocenters. The summed E-state index contributed by atoms with van der Waals surface area (Å²) in [5.41, 5.74) is 0.451. The summed E-state index contributed by atoms with van der Waals surface area (Å²) in [7, 11) is 0. The zero-order chi connectivity index (χ0) is 15.7. The number of fused-ring (bicyclic) bond motifs is 2. The molecule has 1 aromatic heterocycles. The minimum absolute atomic E-state index is 0.0171. The molecule has 2 saturated heterocycles. The predicted octanol–water partition coefficient (Wildman–Crippen LogP) is 1.74. The summed E-state index contributed by atoms with van der Waals surface area (Å²) in [4.78, 5) is 10.9. The molecule has 1 N–H and O–H groups in total. The van der Waals surface area contributed by atoms with Gasteiger partial charge in [-0.05, 0) is 32.6 Å². The van der Waals surface area contributed by atoms with Gasteiger partial charge in [0.15, 0.2) is 0 Å². The standard InChI is InChI=1S/C14H21N3O5/c1-9-13(17(19)20)14(21-6-2-5-18)15-16(9)10-7-11-3-4-12(8-10)22-11/h10-12,18H,2-8H2,1H3. The van der Waals surface area contributed by atoms with Gasteiger partial charge in [0, 0.05) is 13.0 Å². The van der Waals surface area contributed by atoms with Crippen LogP contribution in [0.3, 0.4) is 0 Å². The van der Waals surface area contributed by atoms with Crippen LogP contribution in [0, 0.1) is 17.0 Å². The van der Waals surface area contributed by atoms with Crippen LogP contribution < -0.4 is 4.74 Å². The minimum Gasteiger partial charge on any atom is -0.472 e. The Kier molecular flexibility index (Phi) is 4.30. The second-order valence-corrected chi connectivity index (χ2v) is 5.95. The van der Waals surface area contributed by atoms with Gasteiger partial charge in [0.05, 0.1) is 29.8 Å². The van der Waals surface area contributed by atoms with Crippen LogP contribution in [0.25, 0.3) is 0 Å². The second kappa shape index (κ2) is 6.21. The Morgan fingerprint density at radius 3 is 2.73 bits per heavy atom. The molecule has 3 heterocycles. The third-order valence-electron chi connectivity index (χ3n) is 4.42. The fourth-order valence-electron chi connectivity index (χ4n) is 3.41. The van der Waals surface area contributed by atoms with Crippen LogP contribution in [0.4, 0.5) is 5.69 Å². The molecular formula is C14H21N3O5. The Hall–Kier alpha value is -1.67. The monoisotopic (exact) mass is 311 g/mol. The molecular weight excluding hydrogens is 290 g/mol. The largest absolute Gasteiger partial charge is 0.472 e. The first-order valence-electron chi connectivity index (χ1n) is 7.72. The summed E-state index contributed by atoms with van der Waals surface area (Å²) in [5, 5.41) is 24.4. The lowest BCUT2D eigenvalue weighted by molar-refractivity contribution is -0.386. The van der Waals surface area contributed by atoms with Crippen LogP contribution >= 0.6 is 0 Å². The first-order valence-corrected chi connectivity index (χ1v) is 7.72. The van der Waals surface area contributed by atoms with E-state index >= 15 is 0 Å². The number of nitro groups is 1. The van der Waals surface area contributed by atoms with Crippen LogP contribution in [0.5, 0.6) is 5.88 Å². The van der Waals surface area contributed by atoms with Crippen molar-refractivity contribution >= 4 is 5.69 Å². The molecule has 0 radical (unpaired) electrons. The van der Waals surface area contributed by atoms with E-state index in [0.717, 1.165) is 25.7 Å². The first kappa shape index (κ1) is 15.2. The molecule has 8 heteroatoms. The molecule has 2 aliphatic heterocycles. The van der Waals surface area contributed by atoms with Gasteiger partial charge < -0.3 is 14.6 Å². The molecule has 0 aliphatic carbocycles. The van der Waals surface area contributed by atoms with Crippen LogP contribution in [0.2, 0.25) is 0 Å². The highest BCUT2D eigenvalue weighted by Gasteiger charge is 2.38. The van der Waals surface area contributed by atoms with E-state index < -0.39 is 4.92 Å². The maximum Gasteiger partial charge on any atom is 0.352 e. The lowest BCUT2D eigenvalue weighted by Gasteiger charge is -2.28. The van der Waals surface area contributed by atoms with Crippen LogP contribution in [-0.2, 0) is 4.74 Å². The van der Waals surface area contributed by atoms with Crippen molar-refractivity contribution in [3.05, 3.63) is 15.8 Å². The van der Waals surface area contributed by atoms with Crippen LogP contribution in [0.15, 0.2) is 0 Å². The summed E-state index contributed by atoms with van der Waals surface area (Å²) < 4.78 is 13.0. The van der Waals surface area contributed by atoms with Crippen LogP contribution in [-0.4, -0.2) is 45.2 Å². The Morgan fingerprint density at radius 2 is 2.14 bits per heavy atom. The molecule has 1 aromatic rings. The molecule has 3 rings (SSSR count). The first-order chi connectivity index (χ1) is 10.6. The molecule has 8 nitrogen and oxygen atoms in total. The molecule has 0 amide bonds. The van der Waals surface area contributed by atoms with Gasteiger partial charge in [0.2, 0.25) is 0 Å². The van der Waals surface area contributed by atoms with E-state index in [2.05, 4.69) is 5.10 Å². The van der Waals surface area contributed by atoms with Gasteiger partial charge in [-0.15, -0.1) is 5.10 Å². The third kappa shape index (κ3) is 2.80. The van der Waals surface area contributed by atoms with E-state index in [1.807, 2.05) is 0 Å². The fraction of sp³-hybridized carbons (Fsp3) is 0.786. The highest BCUT2D eigenvalue weighted by atomic mass is 16.6. The molecule has 2 unspecified atom stereocenters. The molecule has 122 valence electrons. The molecule has 2 fully saturated rings. The average Bonchev–Trinajstić information content (AvgIpc) is 2.99. The van der Waals surface area contributed by atoms with Gasteiger partial charge in [-0.3, -0.25) is 14.8 Å². The summed E-state index contributed by atoms with van der Waals surface area (Å²) in [6, 6.07) is 0.125. The van der Waals surface area contributed by atoms with Crippen LogP contribution in [0.1, 0.15) is 43.8 Å². The molecule has 0 spiro atoms. The molecule has 22 heavy (non-hydrogen) atoms. The number of rotatable bonds is 6. The minimum atomic E-state index is -0.443. The zero-order valence-corrected chi connectivity index (χ0v) is 12.6. The average molecular weight is 311 g/mol. The Labute approximate surface area is 128 Å². The maximum absolute atomic E-state index is 11.3. The van der Waals surface area contributed by atoms with Gasteiger partial charge in [-0.25, -0.2) is 0 Å². The summed E-state index contributed by atoms with van der Waals surface area (Å²) in [6.45, 7) is 1.91. The van der Waals surface area contributed by atoms with Gasteiger partial charge in [-0.1, -0.05) is 0 Å². The molecule has 2 aliphatic rings. The Balaban J connectivity index is 1.84. The van der Waals surface area contributed by atoms with Gasteiger partial charge in [0.25, 0.3) is 0 Å². The predicted molar refractivity (Wildman–Crippen MR) is 77.0 cm³/mol. The van der Waals surface area contributed by atoms with E-state index in [1.165, 1.54) is 0 Å². The molecule has 0 saturated carbocycles. The number of aromatic nitrogens is 2. The van der Waals surface area contributed by atoms with Gasteiger partial charge in [-0.2, -0.15) is 0 Å². The smallest absolute Gasteiger partial charge is 0.352 e. The van der Waals surface area contributed by atoms with Crippen molar-refractivity contribution in [3.63, 3.8) is 0 Å². The summed E-state index contributed by atoms with van der Waals surface area (Å²) in [6.07, 6.45) is 4.70. The molecule has 0 aromatic carbocycles. The van der Waals surface area contributed by atoms with E-state index in [-0.39, 0.29) is 43.0 Å². The number of hydrogen-bond donors (Lipinski definition) is 1. The quantitative estimate of drug-likeness (QED) is 0.488. The summed E-state index contributed by atoms with van der Waals surface area (Å²) >= 11 is 0. The van der Waals surface area contributed by atoms with E-state index in [0.29, 0.717) is 12.1 Å². The van der Waals surface area contributed by atoms with Gasteiger partial charge in [0.1, 0.15) is 5.69 Å². The van der Waals surface area contributed by atoms with E-state index in [9.17, 15) is 10.1 Å². The topological polar surface area (TPSA) is 99.7 Å². The zero-order valence-electron chi connectivity index (χ0n) is 12.6. The number of aliphatic hydroxyl groups excluding tert-OH is 1. The Morgan fingerprint density at radius 1 is 1.45 bits per heavy atom. The van der Waals surface area contributed by atoms with Crippen molar-refractivity contribution < 1.29 is 19.5 Å². The van der Waals surface area contributed by atoms with Gasteiger partial charge >= 0.3 is 11.6 Å². The number of ether oxygens (including phenoxy) is 2. The van der Waals surface area contributed by atoms with Crippen molar-refractivity contribution in [2.75, 3.05) is 13.2 Å². The maximum atomic E-state index is 11.3. The SMILES string of the molecule is Cc1c([N+](=O)[O-])c(OCCCO)nn1C1CC2CCC(C1)O2. The molecule has 2 bridgehead atoms. The number of nitrogens with zero attached hydrogens (tertiary/aromatic N) is 3. The highest BCUT2D eigenvalue weighted by Crippen LogP contribution is 2.41. The third-order valence-corrected chi connectivity index (χ3v) is 4.42. The number of aliphatic hydroxyl groups is 1. The van der Waals surface area contributed by atoms with Crippen molar-refractivity contribution in [1.82, 2.24) is 9.78 Å². The van der Waals surface area contributed by atoms with E-state index in [4.69, 9.17) is 14.6 Å². The van der Waals surface area contributed by atoms with E-state index in [1.54, 1.807) is 11.6 Å². The Bertz CT molecular complexity index is 547. The van der Waals surface area contributed by atoms with Crippen molar-refractivity contribution in [1.29, 1.82) is 0 Å². The fourth-order valence-corrected chi connectivity index (χ4v) is 3.41. The van der Waals surface area contributed by atoms with Crippen molar-refractivity contribution in [2.45, 2.75) is 57.3 Å². The second-order valence-electron chi connectivity index (χ2n) is 5.95. The van der Waals surface area contributed by atoms with Crippen molar-refractivity contribution in [3.8, 4) is 5.88 Å². The summed E-state index contributed by atoms with van der Waals surface area (Å²) in [5.74, 6) is 0.0507. The lowest BCUT2D eigenvalue weighted by Crippen LogP contribution is -2.28.